The minimum atomic E-state index is -0.389. The molecule has 2 fully saturated rings. The summed E-state index contributed by atoms with van der Waals surface area (Å²) >= 11 is 1.90. The molecule has 2 heterocycles. The van der Waals surface area contributed by atoms with Gasteiger partial charge in [0.25, 0.3) is 5.69 Å². The quantitative estimate of drug-likeness (QED) is 0.623. The third-order valence-corrected chi connectivity index (χ3v) is 5.45. The molecule has 0 spiro atoms. The zero-order chi connectivity index (χ0) is 16.2. The maximum atomic E-state index is 12.7. The number of hydrogen-bond acceptors (Lipinski definition) is 5. The van der Waals surface area contributed by atoms with Crippen LogP contribution >= 0.6 is 11.8 Å². The molecule has 2 aliphatic heterocycles. The van der Waals surface area contributed by atoms with Gasteiger partial charge in [-0.25, -0.2) is 0 Å². The highest BCUT2D eigenvalue weighted by Gasteiger charge is 2.34. The largest absolute Gasteiger partial charge is 0.340 e. The summed E-state index contributed by atoms with van der Waals surface area (Å²) < 4.78 is 0. The van der Waals surface area contributed by atoms with Crippen molar-refractivity contribution >= 4 is 23.4 Å². The van der Waals surface area contributed by atoms with E-state index in [1.807, 2.05) is 16.7 Å². The van der Waals surface area contributed by atoms with E-state index in [4.69, 9.17) is 0 Å². The van der Waals surface area contributed by atoms with Crippen molar-refractivity contribution in [2.24, 2.45) is 0 Å². The Bertz CT molecular complexity index is 572. The minimum Gasteiger partial charge on any atom is -0.340 e. The zero-order valence-corrected chi connectivity index (χ0v) is 13.8. The van der Waals surface area contributed by atoms with Crippen LogP contribution in [0.1, 0.15) is 18.4 Å². The number of likely N-dealkylation sites (tertiary alicyclic amines) is 1. The molecule has 1 aromatic rings. The van der Waals surface area contributed by atoms with E-state index in [2.05, 4.69) is 4.90 Å². The smallest absolute Gasteiger partial charge is 0.269 e. The first-order valence-corrected chi connectivity index (χ1v) is 9.14. The van der Waals surface area contributed by atoms with Crippen LogP contribution in [0.2, 0.25) is 0 Å². The molecule has 23 heavy (non-hydrogen) atoms. The van der Waals surface area contributed by atoms with Gasteiger partial charge in [0.2, 0.25) is 5.91 Å². The Balaban J connectivity index is 1.64. The van der Waals surface area contributed by atoms with Gasteiger partial charge in [-0.15, -0.1) is 0 Å². The predicted molar refractivity (Wildman–Crippen MR) is 90.4 cm³/mol. The van der Waals surface area contributed by atoms with Gasteiger partial charge in [-0.1, -0.05) is 12.1 Å². The van der Waals surface area contributed by atoms with E-state index < -0.39 is 0 Å². The SMILES string of the molecule is O=C([C@H]1CCCN1Cc1ccc([N+](=O)[O-])cc1)N1CCSCC1. The molecule has 0 unspecified atom stereocenters. The Morgan fingerprint density at radius 3 is 2.57 bits per heavy atom. The molecule has 0 bridgehead atoms. The number of rotatable bonds is 4. The second-order valence-electron chi connectivity index (χ2n) is 5.99. The Kier molecular flexibility index (Phi) is 5.17. The third kappa shape index (κ3) is 3.84. The maximum absolute atomic E-state index is 12.7. The van der Waals surface area contributed by atoms with E-state index >= 15 is 0 Å². The van der Waals surface area contributed by atoms with Gasteiger partial charge >= 0.3 is 0 Å². The fraction of sp³-hybridized carbons (Fsp3) is 0.562. The number of nitrogens with zero attached hydrogens (tertiary/aromatic N) is 3. The fourth-order valence-electron chi connectivity index (χ4n) is 3.25. The predicted octanol–water partition coefficient (Wildman–Crippen LogP) is 2.13. The van der Waals surface area contributed by atoms with E-state index in [1.165, 1.54) is 12.1 Å². The van der Waals surface area contributed by atoms with Gasteiger partial charge in [0.15, 0.2) is 0 Å². The Hall–Kier alpha value is -1.60. The van der Waals surface area contributed by atoms with Crippen molar-refractivity contribution in [2.75, 3.05) is 31.1 Å². The number of carbonyl (C=O) groups is 1. The first-order chi connectivity index (χ1) is 11.1. The van der Waals surface area contributed by atoms with Gasteiger partial charge < -0.3 is 4.90 Å². The van der Waals surface area contributed by atoms with Crippen molar-refractivity contribution in [3.05, 3.63) is 39.9 Å². The first kappa shape index (κ1) is 16.3. The molecule has 7 heteroatoms. The third-order valence-electron chi connectivity index (χ3n) is 4.50. The molecule has 3 rings (SSSR count). The van der Waals surface area contributed by atoms with Gasteiger partial charge in [0, 0.05) is 43.3 Å². The second-order valence-corrected chi connectivity index (χ2v) is 7.21. The molecule has 0 N–H and O–H groups in total. The summed E-state index contributed by atoms with van der Waals surface area (Å²) in [6.07, 6.45) is 1.95. The second kappa shape index (κ2) is 7.31. The summed E-state index contributed by atoms with van der Waals surface area (Å²) in [5, 5.41) is 10.7. The lowest BCUT2D eigenvalue weighted by Crippen LogP contribution is -2.48. The van der Waals surface area contributed by atoms with Gasteiger partial charge in [-0.2, -0.15) is 11.8 Å². The average Bonchev–Trinajstić information content (AvgIpc) is 3.03. The minimum absolute atomic E-state index is 0.0340. The van der Waals surface area contributed by atoms with Crippen molar-refractivity contribution in [2.45, 2.75) is 25.4 Å². The fourth-order valence-corrected chi connectivity index (χ4v) is 4.15. The molecular weight excluding hydrogens is 314 g/mol. The number of benzene rings is 1. The van der Waals surface area contributed by atoms with Crippen LogP contribution in [0.25, 0.3) is 0 Å². The van der Waals surface area contributed by atoms with Crippen LogP contribution in [-0.2, 0) is 11.3 Å². The van der Waals surface area contributed by atoms with E-state index in [9.17, 15) is 14.9 Å². The molecule has 1 atom stereocenters. The van der Waals surface area contributed by atoms with Crippen LogP contribution in [0, 0.1) is 10.1 Å². The Morgan fingerprint density at radius 1 is 1.22 bits per heavy atom. The lowest BCUT2D eigenvalue weighted by Gasteiger charge is -2.32. The number of hydrogen-bond donors (Lipinski definition) is 0. The van der Waals surface area contributed by atoms with Crippen molar-refractivity contribution in [3.63, 3.8) is 0 Å². The van der Waals surface area contributed by atoms with Gasteiger partial charge in [-0.05, 0) is 24.9 Å². The summed E-state index contributed by atoms with van der Waals surface area (Å²) in [6.45, 7) is 3.30. The molecular formula is C16H21N3O3S. The highest BCUT2D eigenvalue weighted by Crippen LogP contribution is 2.24. The van der Waals surface area contributed by atoms with Crippen LogP contribution in [0.15, 0.2) is 24.3 Å². The van der Waals surface area contributed by atoms with E-state index in [0.717, 1.165) is 49.5 Å². The molecule has 6 nitrogen and oxygen atoms in total. The van der Waals surface area contributed by atoms with Crippen molar-refractivity contribution in [3.8, 4) is 0 Å². The van der Waals surface area contributed by atoms with E-state index in [-0.39, 0.29) is 22.6 Å². The topological polar surface area (TPSA) is 66.7 Å². The molecule has 0 radical (unpaired) electrons. The number of thioether (sulfide) groups is 1. The lowest BCUT2D eigenvalue weighted by atomic mass is 10.1. The highest BCUT2D eigenvalue weighted by molar-refractivity contribution is 7.99. The maximum Gasteiger partial charge on any atom is 0.269 e. The summed E-state index contributed by atoms with van der Waals surface area (Å²) in [5.74, 6) is 2.31. The van der Waals surface area contributed by atoms with Crippen LogP contribution in [0.3, 0.4) is 0 Å². The molecule has 1 amide bonds. The average molecular weight is 335 g/mol. The van der Waals surface area contributed by atoms with Crippen molar-refractivity contribution in [1.29, 1.82) is 0 Å². The Morgan fingerprint density at radius 2 is 1.91 bits per heavy atom. The number of nitro groups is 1. The summed E-state index contributed by atoms with van der Waals surface area (Å²) in [5.41, 5.74) is 1.12. The number of non-ortho nitro benzene ring substituents is 1. The highest BCUT2D eigenvalue weighted by atomic mass is 32.2. The molecule has 124 valence electrons. The lowest BCUT2D eigenvalue weighted by molar-refractivity contribution is -0.384. The van der Waals surface area contributed by atoms with Gasteiger partial charge in [0.05, 0.1) is 11.0 Å². The number of amides is 1. The molecule has 0 aromatic heterocycles. The summed E-state index contributed by atoms with van der Waals surface area (Å²) in [6, 6.07) is 6.60. The monoisotopic (exact) mass is 335 g/mol. The van der Waals surface area contributed by atoms with Gasteiger partial charge in [-0.3, -0.25) is 19.8 Å². The van der Waals surface area contributed by atoms with E-state index in [0.29, 0.717) is 6.54 Å². The Labute approximate surface area is 140 Å². The molecule has 0 saturated carbocycles. The van der Waals surface area contributed by atoms with Crippen LogP contribution < -0.4 is 0 Å². The first-order valence-electron chi connectivity index (χ1n) is 7.99. The van der Waals surface area contributed by atoms with Crippen LogP contribution in [0.5, 0.6) is 0 Å². The normalized spacial score (nSPS) is 22.3. The van der Waals surface area contributed by atoms with Crippen molar-refractivity contribution < 1.29 is 9.72 Å². The van der Waals surface area contributed by atoms with Crippen LogP contribution in [-0.4, -0.2) is 57.8 Å². The van der Waals surface area contributed by atoms with Crippen molar-refractivity contribution in [1.82, 2.24) is 9.80 Å². The standard InChI is InChI=1S/C16H21N3O3S/c20-16(17-8-10-23-11-9-17)15-2-1-7-18(15)12-13-3-5-14(6-4-13)19(21)22/h3-6,15H,1-2,7-12H2/t15-/m1/s1. The molecule has 1 aromatic carbocycles. The molecule has 0 aliphatic carbocycles. The molecule has 2 aliphatic rings. The number of nitro benzene ring substituents is 1. The number of carbonyl (C=O) groups excluding carboxylic acids is 1. The summed E-state index contributed by atoms with van der Waals surface area (Å²) in [7, 11) is 0. The van der Waals surface area contributed by atoms with Gasteiger partial charge in [0.1, 0.15) is 0 Å². The molecule has 2 saturated heterocycles. The van der Waals surface area contributed by atoms with E-state index in [1.54, 1.807) is 12.1 Å². The summed E-state index contributed by atoms with van der Waals surface area (Å²) in [4.78, 5) is 27.3. The van der Waals surface area contributed by atoms with Crippen LogP contribution in [0.4, 0.5) is 5.69 Å². The zero-order valence-electron chi connectivity index (χ0n) is 13.0.